The lowest BCUT2D eigenvalue weighted by molar-refractivity contribution is -0.0962. The van der Waals surface area contributed by atoms with Gasteiger partial charge in [-0.1, -0.05) is 78.7 Å². The molecule has 2 saturated carbocycles. The Morgan fingerprint density at radius 2 is 1.62 bits per heavy atom. The van der Waals surface area contributed by atoms with Crippen LogP contribution in [0.25, 0.3) is 0 Å². The van der Waals surface area contributed by atoms with Crippen LogP contribution in [0.1, 0.15) is 120 Å². The fourth-order valence-electron chi connectivity index (χ4n) is 9.53. The average molecular weight is 441 g/mol. The van der Waals surface area contributed by atoms with Crippen molar-refractivity contribution in [1.29, 1.82) is 0 Å². The van der Waals surface area contributed by atoms with Crippen molar-refractivity contribution in [2.45, 2.75) is 126 Å². The van der Waals surface area contributed by atoms with Crippen molar-refractivity contribution in [2.75, 3.05) is 0 Å². The fraction of sp³-hybridized carbons (Fsp3) is 0.871. The topological polar surface area (TPSA) is 20.2 Å². The molecule has 0 aromatic heterocycles. The van der Waals surface area contributed by atoms with Crippen LogP contribution >= 0.6 is 0 Å². The molecule has 2 fully saturated rings. The Labute approximate surface area is 199 Å². The number of allylic oxidation sites excluding steroid dienone is 3. The summed E-state index contributed by atoms with van der Waals surface area (Å²) < 4.78 is 0. The van der Waals surface area contributed by atoms with E-state index in [1.165, 1.54) is 63.4 Å². The Morgan fingerprint density at radius 3 is 2.28 bits per heavy atom. The van der Waals surface area contributed by atoms with Crippen LogP contribution in [0.5, 0.6) is 0 Å². The summed E-state index contributed by atoms with van der Waals surface area (Å²) in [5.41, 5.74) is 6.32. The number of fused-ring (bicyclic) bond motifs is 4. The SMILES string of the molecule is C=C(CC[C@@H](C)[C@H]1CC[C@@]2(C)C3=C(CC[C@]12C)[C@@]1(C)CCC(O)C(C)(C)[C@@H]1CC3)C(C)C. The zero-order valence-electron chi connectivity index (χ0n) is 22.6. The zero-order valence-corrected chi connectivity index (χ0v) is 22.6. The average Bonchev–Trinajstić information content (AvgIpc) is 3.00. The molecule has 0 heterocycles. The second-order valence-corrected chi connectivity index (χ2v) is 14.1. The lowest BCUT2D eigenvalue weighted by atomic mass is 9.43. The maximum Gasteiger partial charge on any atom is 0.0594 e. The molecule has 182 valence electrons. The van der Waals surface area contributed by atoms with Crippen LogP contribution in [-0.2, 0) is 0 Å². The van der Waals surface area contributed by atoms with E-state index in [4.69, 9.17) is 0 Å². The largest absolute Gasteiger partial charge is 0.393 e. The van der Waals surface area contributed by atoms with Crippen LogP contribution in [0.15, 0.2) is 23.3 Å². The molecule has 1 heteroatoms. The second kappa shape index (κ2) is 8.00. The van der Waals surface area contributed by atoms with Gasteiger partial charge in [-0.25, -0.2) is 0 Å². The first kappa shape index (κ1) is 24.6. The minimum absolute atomic E-state index is 0.0404. The van der Waals surface area contributed by atoms with Gasteiger partial charge in [-0.3, -0.25) is 0 Å². The van der Waals surface area contributed by atoms with Gasteiger partial charge in [-0.05, 0) is 110 Å². The molecule has 1 nitrogen and oxygen atoms in total. The maximum absolute atomic E-state index is 10.8. The van der Waals surface area contributed by atoms with Crippen LogP contribution in [0, 0.1) is 45.3 Å². The van der Waals surface area contributed by atoms with Crippen molar-refractivity contribution in [3.63, 3.8) is 0 Å². The molecule has 0 spiro atoms. The molecule has 32 heavy (non-hydrogen) atoms. The van der Waals surface area contributed by atoms with E-state index in [-0.39, 0.29) is 11.5 Å². The zero-order chi connectivity index (χ0) is 23.7. The van der Waals surface area contributed by atoms with E-state index < -0.39 is 0 Å². The maximum atomic E-state index is 10.8. The van der Waals surface area contributed by atoms with Crippen molar-refractivity contribution < 1.29 is 5.11 Å². The first-order chi connectivity index (χ1) is 14.8. The number of hydrogen-bond acceptors (Lipinski definition) is 1. The molecule has 0 amide bonds. The normalized spacial score (nSPS) is 44.1. The van der Waals surface area contributed by atoms with Gasteiger partial charge in [0.25, 0.3) is 0 Å². The summed E-state index contributed by atoms with van der Waals surface area (Å²) in [6.45, 7) is 24.1. The number of aliphatic hydroxyl groups is 1. The molecular weight excluding hydrogens is 388 g/mol. The summed E-state index contributed by atoms with van der Waals surface area (Å²) in [4.78, 5) is 0. The molecule has 7 atom stereocenters. The second-order valence-electron chi connectivity index (χ2n) is 14.1. The highest BCUT2D eigenvalue weighted by Gasteiger charge is 2.63. The standard InChI is InChI=1S/C31H52O/c1-20(2)21(3)10-11-22(4)23-14-18-31(9)25-12-13-26-28(5,6)27(32)16-17-29(26,7)24(25)15-19-30(23,31)8/h20,22-23,26-27,32H,3,10-19H2,1-2,4-9H3/t22-,23-,26+,27?,29-,30-,31+/m1/s1. The highest BCUT2D eigenvalue weighted by molar-refractivity contribution is 5.38. The van der Waals surface area contributed by atoms with Gasteiger partial charge < -0.3 is 5.11 Å². The molecule has 0 radical (unpaired) electrons. The summed E-state index contributed by atoms with van der Waals surface area (Å²) >= 11 is 0. The number of hydrogen-bond donors (Lipinski definition) is 1. The molecule has 0 aliphatic heterocycles. The summed E-state index contributed by atoms with van der Waals surface area (Å²) in [7, 11) is 0. The third-order valence-corrected chi connectivity index (χ3v) is 12.2. The summed E-state index contributed by atoms with van der Waals surface area (Å²) in [6, 6.07) is 0. The summed E-state index contributed by atoms with van der Waals surface area (Å²) in [5, 5.41) is 10.8. The Balaban J connectivity index is 1.62. The molecule has 0 aromatic carbocycles. The van der Waals surface area contributed by atoms with Crippen LogP contribution in [0.4, 0.5) is 0 Å². The third-order valence-electron chi connectivity index (χ3n) is 12.2. The van der Waals surface area contributed by atoms with Crippen molar-refractivity contribution in [2.24, 2.45) is 45.3 Å². The lowest BCUT2D eigenvalue weighted by Crippen LogP contribution is -2.55. The fourth-order valence-corrected chi connectivity index (χ4v) is 9.53. The Morgan fingerprint density at radius 1 is 0.938 bits per heavy atom. The van der Waals surface area contributed by atoms with E-state index in [2.05, 4.69) is 62.0 Å². The van der Waals surface area contributed by atoms with Gasteiger partial charge in [0.1, 0.15) is 0 Å². The first-order valence-electron chi connectivity index (χ1n) is 13.9. The van der Waals surface area contributed by atoms with Crippen molar-refractivity contribution >= 4 is 0 Å². The Hall–Kier alpha value is -0.560. The number of aliphatic hydroxyl groups excluding tert-OH is 1. The van der Waals surface area contributed by atoms with Crippen LogP contribution in [0.3, 0.4) is 0 Å². The number of rotatable bonds is 5. The molecule has 4 aliphatic rings. The van der Waals surface area contributed by atoms with E-state index in [0.717, 1.165) is 18.3 Å². The summed E-state index contributed by atoms with van der Waals surface area (Å²) in [5.74, 6) is 2.87. The van der Waals surface area contributed by atoms with E-state index in [1.807, 2.05) is 11.1 Å². The predicted molar refractivity (Wildman–Crippen MR) is 137 cm³/mol. The van der Waals surface area contributed by atoms with Gasteiger partial charge in [0, 0.05) is 0 Å². The molecule has 0 saturated heterocycles. The molecule has 1 unspecified atom stereocenters. The minimum atomic E-state index is -0.135. The van der Waals surface area contributed by atoms with Gasteiger partial charge in [0.05, 0.1) is 6.10 Å². The third kappa shape index (κ3) is 3.34. The quantitative estimate of drug-likeness (QED) is 0.424. The van der Waals surface area contributed by atoms with E-state index >= 15 is 0 Å². The highest BCUT2D eigenvalue weighted by atomic mass is 16.3. The molecular formula is C31H52O. The van der Waals surface area contributed by atoms with Gasteiger partial charge in [0.15, 0.2) is 0 Å². The van der Waals surface area contributed by atoms with E-state index in [0.29, 0.717) is 28.1 Å². The van der Waals surface area contributed by atoms with Gasteiger partial charge >= 0.3 is 0 Å². The smallest absolute Gasteiger partial charge is 0.0594 e. The van der Waals surface area contributed by atoms with E-state index in [9.17, 15) is 5.11 Å². The molecule has 1 N–H and O–H groups in total. The highest BCUT2D eigenvalue weighted by Crippen LogP contribution is 2.72. The first-order valence-corrected chi connectivity index (χ1v) is 13.9. The minimum Gasteiger partial charge on any atom is -0.393 e. The summed E-state index contributed by atoms with van der Waals surface area (Å²) in [6.07, 6.45) is 12.6. The molecule has 4 aliphatic carbocycles. The van der Waals surface area contributed by atoms with Crippen LogP contribution < -0.4 is 0 Å². The lowest BCUT2D eigenvalue weighted by Gasteiger charge is -2.62. The molecule has 4 rings (SSSR count). The Bertz CT molecular complexity index is 786. The Kier molecular flexibility index (Phi) is 6.14. The monoisotopic (exact) mass is 440 g/mol. The van der Waals surface area contributed by atoms with Crippen LogP contribution in [-0.4, -0.2) is 11.2 Å². The van der Waals surface area contributed by atoms with Gasteiger partial charge in [0.2, 0.25) is 0 Å². The van der Waals surface area contributed by atoms with Crippen molar-refractivity contribution in [3.05, 3.63) is 23.3 Å². The predicted octanol–water partition coefficient (Wildman–Crippen LogP) is 8.73. The van der Waals surface area contributed by atoms with E-state index in [1.54, 1.807) is 0 Å². The van der Waals surface area contributed by atoms with Crippen LogP contribution in [0.2, 0.25) is 0 Å². The van der Waals surface area contributed by atoms with Gasteiger partial charge in [-0.2, -0.15) is 0 Å². The molecule has 0 bridgehead atoms. The van der Waals surface area contributed by atoms with Gasteiger partial charge in [-0.15, -0.1) is 0 Å². The van der Waals surface area contributed by atoms with Crippen molar-refractivity contribution in [3.8, 4) is 0 Å². The molecule has 0 aromatic rings. The van der Waals surface area contributed by atoms with Crippen molar-refractivity contribution in [1.82, 2.24) is 0 Å².